The number of nitrogens with zero attached hydrogens (tertiary/aromatic N) is 3. The fraction of sp³-hybridized carbons (Fsp3) is 0.391. The lowest BCUT2D eigenvalue weighted by atomic mass is 9.61. The SMILES string of the molecule is CN/C=C(\C=N)c1cc(NC2C3CCC(CC3)C2C(=O)O)nc(C(=N)c2cc(Cl)cnc2N)n1. The molecule has 0 spiro atoms. The minimum atomic E-state index is -0.804. The first-order valence-electron chi connectivity index (χ1n) is 11.1. The molecule has 7 N–H and O–H groups in total. The molecule has 34 heavy (non-hydrogen) atoms. The van der Waals surface area contributed by atoms with Crippen LogP contribution in [0.3, 0.4) is 0 Å². The number of aromatic nitrogens is 3. The summed E-state index contributed by atoms with van der Waals surface area (Å²) in [6.45, 7) is 0. The Kier molecular flexibility index (Phi) is 6.78. The zero-order chi connectivity index (χ0) is 24.4. The van der Waals surface area contributed by atoms with Crippen molar-refractivity contribution in [2.75, 3.05) is 18.1 Å². The second-order valence-electron chi connectivity index (χ2n) is 8.67. The van der Waals surface area contributed by atoms with Gasteiger partial charge in [-0.2, -0.15) is 0 Å². The predicted octanol–water partition coefficient (Wildman–Crippen LogP) is 3.03. The monoisotopic (exact) mass is 482 g/mol. The lowest BCUT2D eigenvalue weighted by Gasteiger charge is -2.47. The van der Waals surface area contributed by atoms with Gasteiger partial charge in [0.1, 0.15) is 17.3 Å². The van der Waals surface area contributed by atoms with Crippen molar-refractivity contribution in [2.24, 2.45) is 17.8 Å². The van der Waals surface area contributed by atoms with Gasteiger partial charge in [0.15, 0.2) is 5.82 Å². The van der Waals surface area contributed by atoms with E-state index < -0.39 is 11.9 Å². The molecule has 0 saturated heterocycles. The molecule has 2 aromatic rings. The first kappa shape index (κ1) is 23.6. The van der Waals surface area contributed by atoms with Gasteiger partial charge in [0.25, 0.3) is 0 Å². The first-order chi connectivity index (χ1) is 16.3. The van der Waals surface area contributed by atoms with Crippen molar-refractivity contribution < 1.29 is 9.90 Å². The number of pyridine rings is 1. The second kappa shape index (κ2) is 9.76. The van der Waals surface area contributed by atoms with E-state index in [1.165, 1.54) is 12.3 Å². The number of halogens is 1. The van der Waals surface area contributed by atoms with Crippen LogP contribution in [-0.4, -0.2) is 51.0 Å². The number of nitrogens with one attached hydrogen (secondary N) is 4. The number of aliphatic carboxylic acids is 1. The van der Waals surface area contributed by atoms with Crippen LogP contribution in [0, 0.1) is 28.6 Å². The highest BCUT2D eigenvalue weighted by atomic mass is 35.5. The van der Waals surface area contributed by atoms with Crippen LogP contribution in [0.1, 0.15) is 42.8 Å². The average Bonchev–Trinajstić information content (AvgIpc) is 2.83. The summed E-state index contributed by atoms with van der Waals surface area (Å²) in [5.41, 5.74) is 7.06. The maximum Gasteiger partial charge on any atom is 0.308 e. The average molecular weight is 483 g/mol. The Morgan fingerprint density at radius 1 is 1.24 bits per heavy atom. The second-order valence-corrected chi connectivity index (χ2v) is 9.10. The standard InChI is InChI=1S/C23H27ClN8O2/c1-28-9-13(8-25)16-7-17(31-20-12-4-2-11(3-5-12)18(20)23(33)34)32-22(30-16)19(26)15-6-14(24)10-29-21(15)27/h6-12,18,20,25-26,28H,2-5H2,1H3,(H2,27,29)(H,33,34)(H,30,31,32)/b13-9+,25-8?,26-19?. The van der Waals surface area contributed by atoms with E-state index in [4.69, 9.17) is 28.2 Å². The maximum atomic E-state index is 12.1. The Labute approximate surface area is 202 Å². The van der Waals surface area contributed by atoms with Crippen molar-refractivity contribution in [3.63, 3.8) is 0 Å². The lowest BCUT2D eigenvalue weighted by molar-refractivity contribution is -0.148. The Morgan fingerprint density at radius 3 is 2.59 bits per heavy atom. The number of carbonyl (C=O) groups is 1. The van der Waals surface area contributed by atoms with Crippen LogP contribution in [0.15, 0.2) is 24.5 Å². The van der Waals surface area contributed by atoms with Crippen molar-refractivity contribution in [3.8, 4) is 0 Å². The van der Waals surface area contributed by atoms with Crippen LogP contribution in [0.4, 0.5) is 11.6 Å². The summed E-state index contributed by atoms with van der Waals surface area (Å²) in [5, 5.41) is 33.0. The van der Waals surface area contributed by atoms with Crippen molar-refractivity contribution in [2.45, 2.75) is 31.7 Å². The Balaban J connectivity index is 1.77. The smallest absolute Gasteiger partial charge is 0.308 e. The van der Waals surface area contributed by atoms with E-state index in [-0.39, 0.29) is 40.8 Å². The van der Waals surface area contributed by atoms with Gasteiger partial charge in [-0.25, -0.2) is 15.0 Å². The normalized spacial score (nSPS) is 23.9. The number of hydrogen-bond acceptors (Lipinski definition) is 9. The third-order valence-electron chi connectivity index (χ3n) is 6.67. The summed E-state index contributed by atoms with van der Waals surface area (Å²) in [6, 6.07) is 2.92. The minimum Gasteiger partial charge on any atom is -0.481 e. The quantitative estimate of drug-likeness (QED) is 0.311. The van der Waals surface area contributed by atoms with Gasteiger partial charge in [0.2, 0.25) is 0 Å². The largest absolute Gasteiger partial charge is 0.481 e. The van der Waals surface area contributed by atoms with E-state index in [0.717, 1.165) is 31.9 Å². The molecule has 3 aliphatic rings. The molecule has 10 nitrogen and oxygen atoms in total. The van der Waals surface area contributed by atoms with Crippen molar-refractivity contribution in [1.82, 2.24) is 20.3 Å². The molecule has 11 heteroatoms. The third kappa shape index (κ3) is 4.58. The van der Waals surface area contributed by atoms with Gasteiger partial charge in [0.05, 0.1) is 16.6 Å². The van der Waals surface area contributed by atoms with E-state index in [9.17, 15) is 9.90 Å². The molecule has 2 bridgehead atoms. The summed E-state index contributed by atoms with van der Waals surface area (Å²) in [4.78, 5) is 25.1. The third-order valence-corrected chi connectivity index (χ3v) is 6.88. The van der Waals surface area contributed by atoms with E-state index in [1.54, 1.807) is 19.3 Å². The lowest BCUT2D eigenvalue weighted by Crippen LogP contribution is -2.51. The van der Waals surface area contributed by atoms with Crippen LogP contribution in [0.2, 0.25) is 5.02 Å². The van der Waals surface area contributed by atoms with Crippen molar-refractivity contribution >= 4 is 46.7 Å². The van der Waals surface area contributed by atoms with Gasteiger partial charge >= 0.3 is 5.97 Å². The molecular formula is C23H27ClN8O2. The van der Waals surface area contributed by atoms with Gasteiger partial charge < -0.3 is 26.9 Å². The van der Waals surface area contributed by atoms with Crippen molar-refractivity contribution in [1.29, 1.82) is 10.8 Å². The molecule has 0 amide bonds. The number of allylic oxidation sites excluding steroid dienone is 1. The number of hydrogen-bond donors (Lipinski definition) is 6. The van der Waals surface area contributed by atoms with Crippen LogP contribution in [0.25, 0.3) is 5.57 Å². The maximum absolute atomic E-state index is 12.1. The van der Waals surface area contributed by atoms with Crippen LogP contribution in [-0.2, 0) is 4.79 Å². The van der Waals surface area contributed by atoms with E-state index >= 15 is 0 Å². The van der Waals surface area contributed by atoms with Gasteiger partial charge in [0, 0.05) is 48.9 Å². The number of fused-ring (bicyclic) bond motifs is 3. The molecule has 178 valence electrons. The van der Waals surface area contributed by atoms with E-state index in [2.05, 4.69) is 25.6 Å². The zero-order valence-electron chi connectivity index (χ0n) is 18.7. The molecule has 5 rings (SSSR count). The number of carboxylic acids is 1. The molecule has 0 aliphatic heterocycles. The van der Waals surface area contributed by atoms with Crippen LogP contribution in [0.5, 0.6) is 0 Å². The molecule has 2 unspecified atom stereocenters. The Hall–Kier alpha value is -3.53. The number of nitrogen functional groups attached to an aromatic ring is 1. The highest BCUT2D eigenvalue weighted by Crippen LogP contribution is 2.46. The number of nitrogens with two attached hydrogens (primary N) is 1. The minimum absolute atomic E-state index is 0.0625. The van der Waals surface area contributed by atoms with Gasteiger partial charge in [-0.1, -0.05) is 11.6 Å². The Bertz CT molecular complexity index is 1160. The number of carboxylic acid groups (broad SMARTS) is 1. The fourth-order valence-corrected chi connectivity index (χ4v) is 5.24. The summed E-state index contributed by atoms with van der Waals surface area (Å²) in [6.07, 6.45) is 7.96. The van der Waals surface area contributed by atoms with Crippen LogP contribution < -0.4 is 16.4 Å². The van der Waals surface area contributed by atoms with Gasteiger partial charge in [-0.05, 0) is 43.6 Å². The van der Waals surface area contributed by atoms with Crippen molar-refractivity contribution in [3.05, 3.63) is 46.6 Å². The fourth-order valence-electron chi connectivity index (χ4n) is 5.08. The molecule has 3 aliphatic carbocycles. The zero-order valence-corrected chi connectivity index (χ0v) is 19.4. The molecule has 3 fully saturated rings. The molecule has 2 aromatic heterocycles. The van der Waals surface area contributed by atoms with E-state index in [0.29, 0.717) is 22.1 Å². The molecule has 2 heterocycles. The molecule has 0 radical (unpaired) electrons. The van der Waals surface area contributed by atoms with Crippen LogP contribution >= 0.6 is 11.6 Å². The highest BCUT2D eigenvalue weighted by molar-refractivity contribution is 6.31. The number of anilines is 2. The summed E-state index contributed by atoms with van der Waals surface area (Å²) < 4.78 is 0. The molecule has 0 aromatic carbocycles. The summed E-state index contributed by atoms with van der Waals surface area (Å²) in [7, 11) is 1.71. The first-order valence-corrected chi connectivity index (χ1v) is 11.5. The molecular weight excluding hydrogens is 456 g/mol. The number of rotatable bonds is 8. The molecule has 3 saturated carbocycles. The highest BCUT2D eigenvalue weighted by Gasteiger charge is 2.47. The summed E-state index contributed by atoms with van der Waals surface area (Å²) in [5.74, 6) is -0.364. The van der Waals surface area contributed by atoms with E-state index in [1.807, 2.05) is 0 Å². The topological polar surface area (TPSA) is 174 Å². The predicted molar refractivity (Wildman–Crippen MR) is 131 cm³/mol. The van der Waals surface area contributed by atoms with Gasteiger partial charge in [-0.3, -0.25) is 10.2 Å². The summed E-state index contributed by atoms with van der Waals surface area (Å²) >= 11 is 6.07. The Morgan fingerprint density at radius 2 is 1.94 bits per heavy atom. The van der Waals surface area contributed by atoms with Gasteiger partial charge in [-0.15, -0.1) is 0 Å². The molecule has 2 atom stereocenters.